The van der Waals surface area contributed by atoms with Crippen LogP contribution in [-0.2, 0) is 9.59 Å². The fourth-order valence-corrected chi connectivity index (χ4v) is 4.30. The van der Waals surface area contributed by atoms with E-state index in [1.54, 1.807) is 0 Å². The van der Waals surface area contributed by atoms with Crippen molar-refractivity contribution < 1.29 is 14.7 Å². The Morgan fingerprint density at radius 3 is 2.62 bits per heavy atom. The number of hydrogen-bond acceptors (Lipinski definition) is 5. The fourth-order valence-electron chi connectivity index (χ4n) is 4.30. The van der Waals surface area contributed by atoms with Gasteiger partial charge in [0, 0.05) is 26.2 Å². The minimum absolute atomic E-state index is 0.00974. The van der Waals surface area contributed by atoms with E-state index in [9.17, 15) is 14.7 Å². The van der Waals surface area contributed by atoms with Gasteiger partial charge in [-0.2, -0.15) is 0 Å². The number of carbonyl (C=O) groups excluding carboxylic acids is 2. The second-order valence-electron chi connectivity index (χ2n) is 7.76. The number of hydrogen-bond donors (Lipinski definition) is 3. The van der Waals surface area contributed by atoms with Crippen LogP contribution in [0.15, 0.2) is 24.3 Å². The second kappa shape index (κ2) is 6.55. The van der Waals surface area contributed by atoms with Crippen molar-refractivity contribution >= 4 is 23.2 Å². The Balaban J connectivity index is 1.44. The number of likely N-dealkylation sites (tertiary alicyclic amines) is 2. The molecule has 1 spiro atoms. The monoisotopic (exact) mass is 358 g/mol. The zero-order valence-corrected chi connectivity index (χ0v) is 15.1. The molecule has 26 heavy (non-hydrogen) atoms. The molecule has 3 aliphatic rings. The number of aliphatic hydroxyl groups is 1. The summed E-state index contributed by atoms with van der Waals surface area (Å²) in [6, 6.07) is 7.68. The van der Waals surface area contributed by atoms with Crippen molar-refractivity contribution in [3.8, 4) is 0 Å². The van der Waals surface area contributed by atoms with Gasteiger partial charge < -0.3 is 25.5 Å². The topological polar surface area (TPSA) is 84.9 Å². The average molecular weight is 358 g/mol. The van der Waals surface area contributed by atoms with Crippen molar-refractivity contribution in [3.63, 3.8) is 0 Å². The first-order valence-electron chi connectivity index (χ1n) is 9.33. The quantitative estimate of drug-likeness (QED) is 0.689. The van der Waals surface area contributed by atoms with Gasteiger partial charge in [-0.15, -0.1) is 0 Å². The van der Waals surface area contributed by atoms with E-state index in [1.807, 2.05) is 36.2 Å². The van der Waals surface area contributed by atoms with Gasteiger partial charge in [0.1, 0.15) is 5.54 Å². The van der Waals surface area contributed by atoms with Crippen molar-refractivity contribution in [3.05, 3.63) is 24.3 Å². The van der Waals surface area contributed by atoms with E-state index in [0.29, 0.717) is 38.9 Å². The molecule has 2 saturated heterocycles. The van der Waals surface area contributed by atoms with E-state index in [2.05, 4.69) is 15.5 Å². The standard InChI is InChI=1S/C19H26N4O3/c1-22-9-6-16(24)13(12-22)17(25)23-10-7-19(8-11-23)18(26)20-14-4-2-3-5-15(14)21-19/h2-5,13,16,21,24H,6-12H2,1H3,(H,20,26)/t13-,16+/m1/s1. The van der Waals surface area contributed by atoms with Crippen molar-refractivity contribution in [1.29, 1.82) is 0 Å². The van der Waals surface area contributed by atoms with Crippen LogP contribution in [0.4, 0.5) is 11.4 Å². The third-order valence-corrected chi connectivity index (χ3v) is 6.01. The average Bonchev–Trinajstić information content (AvgIpc) is 2.65. The molecule has 0 radical (unpaired) electrons. The molecule has 7 nitrogen and oxygen atoms in total. The number of rotatable bonds is 1. The number of carbonyl (C=O) groups is 2. The Hall–Kier alpha value is -2.12. The maximum absolute atomic E-state index is 12.9. The lowest BCUT2D eigenvalue weighted by atomic mass is 9.83. The molecular formula is C19H26N4O3. The van der Waals surface area contributed by atoms with Crippen molar-refractivity contribution in [1.82, 2.24) is 9.80 Å². The van der Waals surface area contributed by atoms with Crippen LogP contribution in [0.25, 0.3) is 0 Å². The van der Waals surface area contributed by atoms with Crippen molar-refractivity contribution in [2.24, 2.45) is 5.92 Å². The van der Waals surface area contributed by atoms with E-state index < -0.39 is 11.6 Å². The number of benzene rings is 1. The van der Waals surface area contributed by atoms with E-state index in [1.165, 1.54) is 0 Å². The van der Waals surface area contributed by atoms with E-state index >= 15 is 0 Å². The maximum atomic E-state index is 12.9. The number of nitrogens with one attached hydrogen (secondary N) is 2. The van der Waals surface area contributed by atoms with Gasteiger partial charge in [0.25, 0.3) is 0 Å². The number of nitrogens with zero attached hydrogens (tertiary/aromatic N) is 2. The zero-order valence-electron chi connectivity index (χ0n) is 15.1. The molecule has 0 unspecified atom stereocenters. The van der Waals surface area contributed by atoms with E-state index in [4.69, 9.17) is 0 Å². The largest absolute Gasteiger partial charge is 0.392 e. The third kappa shape index (κ3) is 2.95. The SMILES string of the molecule is CN1CC[C@H](O)[C@H](C(=O)N2CCC3(CC2)Nc2ccccc2NC3=O)C1. The highest BCUT2D eigenvalue weighted by Crippen LogP contribution is 2.36. The van der Waals surface area contributed by atoms with Gasteiger partial charge in [-0.1, -0.05) is 12.1 Å². The van der Waals surface area contributed by atoms with E-state index in [-0.39, 0.29) is 17.7 Å². The number of aliphatic hydroxyl groups excluding tert-OH is 1. The molecule has 2 fully saturated rings. The fraction of sp³-hybridized carbons (Fsp3) is 0.579. The predicted molar refractivity (Wildman–Crippen MR) is 98.9 cm³/mol. The minimum Gasteiger partial charge on any atom is -0.392 e. The zero-order chi connectivity index (χ0) is 18.3. The van der Waals surface area contributed by atoms with Gasteiger partial charge in [-0.3, -0.25) is 9.59 Å². The Bertz CT molecular complexity index is 714. The maximum Gasteiger partial charge on any atom is 0.250 e. The third-order valence-electron chi connectivity index (χ3n) is 6.01. The van der Waals surface area contributed by atoms with Crippen LogP contribution in [0, 0.1) is 5.92 Å². The summed E-state index contributed by atoms with van der Waals surface area (Å²) in [4.78, 5) is 29.5. The summed E-state index contributed by atoms with van der Waals surface area (Å²) in [6.07, 6.45) is 1.19. The van der Waals surface area contributed by atoms with Crippen LogP contribution in [0.2, 0.25) is 0 Å². The Morgan fingerprint density at radius 1 is 1.19 bits per heavy atom. The summed E-state index contributed by atoms with van der Waals surface area (Å²) in [6.45, 7) is 2.45. The van der Waals surface area contributed by atoms with Crippen LogP contribution < -0.4 is 10.6 Å². The molecule has 1 aromatic rings. The highest BCUT2D eigenvalue weighted by molar-refractivity contribution is 6.06. The van der Waals surface area contributed by atoms with Gasteiger partial charge in [0.2, 0.25) is 11.8 Å². The lowest BCUT2D eigenvalue weighted by Crippen LogP contribution is -2.60. The number of anilines is 2. The Morgan fingerprint density at radius 2 is 1.88 bits per heavy atom. The first-order valence-corrected chi connectivity index (χ1v) is 9.33. The molecule has 2 amide bonds. The van der Waals surface area contributed by atoms with Gasteiger partial charge in [-0.25, -0.2) is 0 Å². The lowest BCUT2D eigenvalue weighted by molar-refractivity contribution is -0.144. The molecule has 1 aromatic carbocycles. The summed E-state index contributed by atoms with van der Waals surface area (Å²) in [7, 11) is 1.98. The van der Waals surface area contributed by atoms with Gasteiger partial charge in [-0.05, 0) is 38.4 Å². The molecule has 2 atom stereocenters. The Labute approximate surface area is 153 Å². The summed E-state index contributed by atoms with van der Waals surface area (Å²) in [5.74, 6) is -0.382. The molecule has 3 N–H and O–H groups in total. The lowest BCUT2D eigenvalue weighted by Gasteiger charge is -2.45. The molecule has 140 valence electrons. The van der Waals surface area contributed by atoms with Crippen molar-refractivity contribution in [2.75, 3.05) is 43.9 Å². The van der Waals surface area contributed by atoms with E-state index in [0.717, 1.165) is 17.9 Å². The predicted octanol–water partition coefficient (Wildman–Crippen LogP) is 0.724. The smallest absolute Gasteiger partial charge is 0.250 e. The summed E-state index contributed by atoms with van der Waals surface area (Å²) in [5, 5.41) is 16.6. The number of fused-ring (bicyclic) bond motifs is 1. The van der Waals surface area contributed by atoms with Gasteiger partial charge in [0.15, 0.2) is 0 Å². The summed E-state index contributed by atoms with van der Waals surface area (Å²) < 4.78 is 0. The molecular weight excluding hydrogens is 332 g/mol. The van der Waals surface area contributed by atoms with Crippen LogP contribution in [0.3, 0.4) is 0 Å². The van der Waals surface area contributed by atoms with Crippen LogP contribution in [0.5, 0.6) is 0 Å². The Kier molecular flexibility index (Phi) is 4.36. The number of amides is 2. The highest BCUT2D eigenvalue weighted by atomic mass is 16.3. The molecule has 0 saturated carbocycles. The molecule has 0 aromatic heterocycles. The van der Waals surface area contributed by atoms with Gasteiger partial charge in [0.05, 0.1) is 23.4 Å². The first kappa shape index (κ1) is 17.3. The second-order valence-corrected chi connectivity index (χ2v) is 7.76. The van der Waals surface area contributed by atoms with Crippen LogP contribution >= 0.6 is 0 Å². The van der Waals surface area contributed by atoms with Gasteiger partial charge >= 0.3 is 0 Å². The molecule has 3 aliphatic heterocycles. The molecule has 4 rings (SSSR count). The minimum atomic E-state index is -0.660. The molecule has 3 heterocycles. The van der Waals surface area contributed by atoms with Crippen molar-refractivity contribution in [2.45, 2.75) is 30.9 Å². The molecule has 0 aliphatic carbocycles. The van der Waals surface area contributed by atoms with Crippen LogP contribution in [0.1, 0.15) is 19.3 Å². The number of piperidine rings is 2. The first-order chi connectivity index (χ1) is 12.5. The normalized spacial score (nSPS) is 28.2. The summed E-state index contributed by atoms with van der Waals surface area (Å²) in [5.41, 5.74) is 1.07. The molecule has 7 heteroatoms. The van der Waals surface area contributed by atoms with Crippen LogP contribution in [-0.4, -0.2) is 71.6 Å². The number of para-hydroxylation sites is 2. The molecule has 0 bridgehead atoms. The summed E-state index contributed by atoms with van der Waals surface area (Å²) >= 11 is 0. The highest BCUT2D eigenvalue weighted by Gasteiger charge is 2.46.